The number of carbonyl (C=O) groups is 1. The van der Waals surface area contributed by atoms with E-state index in [1.807, 2.05) is 0 Å². The standard InChI is InChI=1S/C8H15NO4S/c1-3-13-8(10)7-4-5-9(6-7)14(2,11)12/h7H,3-6H2,1-2H3. The molecule has 0 N–H and O–H groups in total. The van der Waals surface area contributed by atoms with Crippen molar-refractivity contribution in [2.75, 3.05) is 26.0 Å². The van der Waals surface area contributed by atoms with Crippen molar-refractivity contribution in [2.45, 2.75) is 13.3 Å². The van der Waals surface area contributed by atoms with Crippen LogP contribution >= 0.6 is 0 Å². The molecule has 0 spiro atoms. The molecule has 1 rings (SSSR count). The van der Waals surface area contributed by atoms with Gasteiger partial charge < -0.3 is 4.74 Å². The van der Waals surface area contributed by atoms with E-state index < -0.39 is 10.0 Å². The monoisotopic (exact) mass is 221 g/mol. The van der Waals surface area contributed by atoms with Crippen molar-refractivity contribution in [3.05, 3.63) is 0 Å². The molecule has 0 aromatic rings. The van der Waals surface area contributed by atoms with Gasteiger partial charge in [-0.3, -0.25) is 4.79 Å². The van der Waals surface area contributed by atoms with Crippen LogP contribution in [0.25, 0.3) is 0 Å². The SMILES string of the molecule is CCOC(=O)C1CCN(S(C)(=O)=O)C1. The third kappa shape index (κ3) is 2.68. The predicted molar refractivity (Wildman–Crippen MR) is 51.2 cm³/mol. The minimum Gasteiger partial charge on any atom is -0.466 e. The second-order valence-electron chi connectivity index (χ2n) is 3.36. The molecule has 14 heavy (non-hydrogen) atoms. The van der Waals surface area contributed by atoms with E-state index in [1.54, 1.807) is 6.92 Å². The molecule has 1 atom stereocenters. The highest BCUT2D eigenvalue weighted by Gasteiger charge is 2.33. The van der Waals surface area contributed by atoms with Crippen LogP contribution in [0, 0.1) is 5.92 Å². The highest BCUT2D eigenvalue weighted by atomic mass is 32.2. The highest BCUT2D eigenvalue weighted by molar-refractivity contribution is 7.88. The average molecular weight is 221 g/mol. The van der Waals surface area contributed by atoms with Crippen LogP contribution in [0.3, 0.4) is 0 Å². The van der Waals surface area contributed by atoms with Crippen LogP contribution in [0.5, 0.6) is 0 Å². The summed E-state index contributed by atoms with van der Waals surface area (Å²) >= 11 is 0. The van der Waals surface area contributed by atoms with Gasteiger partial charge in [-0.25, -0.2) is 12.7 Å². The Labute approximate surface area is 84.1 Å². The van der Waals surface area contributed by atoms with Gasteiger partial charge in [0.05, 0.1) is 18.8 Å². The normalized spacial score (nSPS) is 23.7. The van der Waals surface area contributed by atoms with Crippen molar-refractivity contribution < 1.29 is 17.9 Å². The summed E-state index contributed by atoms with van der Waals surface area (Å²) in [4.78, 5) is 11.3. The molecule has 1 aliphatic rings. The Balaban J connectivity index is 2.54. The topological polar surface area (TPSA) is 63.7 Å². The van der Waals surface area contributed by atoms with E-state index in [0.29, 0.717) is 19.6 Å². The van der Waals surface area contributed by atoms with Gasteiger partial charge in [0.25, 0.3) is 0 Å². The van der Waals surface area contributed by atoms with E-state index in [9.17, 15) is 13.2 Å². The fourth-order valence-electron chi connectivity index (χ4n) is 1.48. The smallest absolute Gasteiger partial charge is 0.310 e. The molecular formula is C8H15NO4S. The molecular weight excluding hydrogens is 206 g/mol. The van der Waals surface area contributed by atoms with Gasteiger partial charge in [0.1, 0.15) is 0 Å². The maximum Gasteiger partial charge on any atom is 0.310 e. The van der Waals surface area contributed by atoms with Crippen molar-refractivity contribution in [3.63, 3.8) is 0 Å². The second kappa shape index (κ2) is 4.27. The second-order valence-corrected chi connectivity index (χ2v) is 5.34. The number of rotatable bonds is 3. The van der Waals surface area contributed by atoms with Crippen molar-refractivity contribution in [1.82, 2.24) is 4.31 Å². The highest BCUT2D eigenvalue weighted by Crippen LogP contribution is 2.19. The molecule has 0 aromatic carbocycles. The van der Waals surface area contributed by atoms with Crippen LogP contribution in [0.1, 0.15) is 13.3 Å². The largest absolute Gasteiger partial charge is 0.466 e. The van der Waals surface area contributed by atoms with Crippen LogP contribution < -0.4 is 0 Å². The molecule has 5 nitrogen and oxygen atoms in total. The predicted octanol–water partition coefficient (Wildman–Crippen LogP) is -0.169. The summed E-state index contributed by atoms with van der Waals surface area (Å²) in [5, 5.41) is 0. The Hall–Kier alpha value is -0.620. The molecule has 0 aromatic heterocycles. The number of sulfonamides is 1. The molecule has 0 amide bonds. The number of ether oxygens (including phenoxy) is 1. The third-order valence-electron chi connectivity index (χ3n) is 2.24. The molecule has 1 saturated heterocycles. The lowest BCUT2D eigenvalue weighted by Gasteiger charge is -2.12. The van der Waals surface area contributed by atoms with Gasteiger partial charge in [-0.15, -0.1) is 0 Å². The van der Waals surface area contributed by atoms with Crippen LogP contribution in [0.2, 0.25) is 0 Å². The number of hydrogen-bond acceptors (Lipinski definition) is 4. The first kappa shape index (κ1) is 11.5. The van der Waals surface area contributed by atoms with Crippen LogP contribution in [0.4, 0.5) is 0 Å². The molecule has 1 heterocycles. The van der Waals surface area contributed by atoms with Crippen LogP contribution in [-0.2, 0) is 19.6 Å². The Morgan fingerprint density at radius 1 is 1.57 bits per heavy atom. The first-order valence-corrected chi connectivity index (χ1v) is 6.41. The molecule has 0 radical (unpaired) electrons. The Morgan fingerprint density at radius 2 is 2.21 bits per heavy atom. The third-order valence-corrected chi connectivity index (χ3v) is 3.51. The Morgan fingerprint density at radius 3 is 2.64 bits per heavy atom. The minimum absolute atomic E-state index is 0.262. The van der Waals surface area contributed by atoms with Crippen molar-refractivity contribution in [1.29, 1.82) is 0 Å². The summed E-state index contributed by atoms with van der Waals surface area (Å²) in [6.07, 6.45) is 1.71. The fourth-order valence-corrected chi connectivity index (χ4v) is 2.37. The van der Waals surface area contributed by atoms with Crippen molar-refractivity contribution in [2.24, 2.45) is 5.92 Å². The molecule has 1 fully saturated rings. The zero-order valence-corrected chi connectivity index (χ0v) is 9.21. The molecule has 0 bridgehead atoms. The average Bonchev–Trinajstić information content (AvgIpc) is 2.51. The summed E-state index contributed by atoms with van der Waals surface area (Å²) in [5.74, 6) is -0.580. The van der Waals surface area contributed by atoms with Crippen molar-refractivity contribution >= 4 is 16.0 Å². The number of hydrogen-bond donors (Lipinski definition) is 0. The van der Waals surface area contributed by atoms with E-state index >= 15 is 0 Å². The Bertz CT molecular complexity index is 311. The summed E-state index contributed by atoms with van der Waals surface area (Å²) in [7, 11) is -3.16. The summed E-state index contributed by atoms with van der Waals surface area (Å²) in [6, 6.07) is 0. The van der Waals surface area contributed by atoms with Gasteiger partial charge in [-0.1, -0.05) is 0 Å². The molecule has 1 aliphatic heterocycles. The van der Waals surface area contributed by atoms with Crippen LogP contribution in [0.15, 0.2) is 0 Å². The van der Waals surface area contributed by atoms with Gasteiger partial charge in [0.2, 0.25) is 10.0 Å². The van der Waals surface area contributed by atoms with E-state index in [0.717, 1.165) is 6.26 Å². The van der Waals surface area contributed by atoms with Crippen molar-refractivity contribution in [3.8, 4) is 0 Å². The number of esters is 1. The van der Waals surface area contributed by atoms with Crippen LogP contribution in [-0.4, -0.2) is 44.6 Å². The molecule has 6 heteroatoms. The lowest BCUT2D eigenvalue weighted by atomic mass is 10.1. The number of nitrogens with zero attached hydrogens (tertiary/aromatic N) is 1. The molecule has 0 saturated carbocycles. The summed E-state index contributed by atoms with van der Waals surface area (Å²) in [6.45, 7) is 2.76. The zero-order valence-electron chi connectivity index (χ0n) is 8.39. The summed E-state index contributed by atoms with van der Waals surface area (Å²) in [5.41, 5.74) is 0. The lowest BCUT2D eigenvalue weighted by molar-refractivity contribution is -0.147. The quantitative estimate of drug-likeness (QED) is 0.621. The maximum absolute atomic E-state index is 11.3. The number of carbonyl (C=O) groups excluding carboxylic acids is 1. The fraction of sp³-hybridized carbons (Fsp3) is 0.875. The van der Waals surface area contributed by atoms with Gasteiger partial charge in [0.15, 0.2) is 0 Å². The van der Waals surface area contributed by atoms with Gasteiger partial charge >= 0.3 is 5.97 Å². The first-order chi connectivity index (χ1) is 6.45. The zero-order chi connectivity index (χ0) is 10.8. The molecule has 82 valence electrons. The van der Waals surface area contributed by atoms with E-state index in [4.69, 9.17) is 4.74 Å². The lowest BCUT2D eigenvalue weighted by Crippen LogP contribution is -2.29. The maximum atomic E-state index is 11.3. The van der Waals surface area contributed by atoms with Gasteiger partial charge in [0, 0.05) is 13.1 Å². The first-order valence-electron chi connectivity index (χ1n) is 4.57. The van der Waals surface area contributed by atoms with E-state index in [2.05, 4.69) is 0 Å². The Kier molecular flexibility index (Phi) is 3.49. The van der Waals surface area contributed by atoms with E-state index in [1.165, 1.54) is 4.31 Å². The van der Waals surface area contributed by atoms with E-state index in [-0.39, 0.29) is 18.4 Å². The summed E-state index contributed by atoms with van der Waals surface area (Å²) < 4.78 is 28.4. The molecule has 1 unspecified atom stereocenters. The molecule has 0 aliphatic carbocycles. The van der Waals surface area contributed by atoms with Gasteiger partial charge in [-0.2, -0.15) is 0 Å². The van der Waals surface area contributed by atoms with Gasteiger partial charge in [-0.05, 0) is 13.3 Å². The minimum atomic E-state index is -3.16.